The van der Waals surface area contributed by atoms with Gasteiger partial charge in [-0.3, -0.25) is 0 Å². The zero-order valence-corrected chi connectivity index (χ0v) is 21.0. The van der Waals surface area contributed by atoms with E-state index in [9.17, 15) is 23.4 Å². The molecule has 208 valence electrons. The van der Waals surface area contributed by atoms with Gasteiger partial charge in [0.15, 0.2) is 0 Å². The molecular weight excluding hydrogens is 515 g/mol. The van der Waals surface area contributed by atoms with Crippen LogP contribution in [0.1, 0.15) is 37.5 Å². The van der Waals surface area contributed by atoms with E-state index in [1.165, 1.54) is 24.5 Å². The summed E-state index contributed by atoms with van der Waals surface area (Å²) in [4.78, 5) is 15.9. The second-order valence-electron chi connectivity index (χ2n) is 10.7. The highest BCUT2D eigenvalue weighted by atomic mass is 19.4. The fraction of sp³-hybridized carbons (Fsp3) is 0.500. The second kappa shape index (κ2) is 9.96. The van der Waals surface area contributed by atoms with Crippen LogP contribution in [0.5, 0.6) is 5.75 Å². The van der Waals surface area contributed by atoms with Gasteiger partial charge < -0.3 is 35.6 Å². The number of aromatic nitrogens is 5. The number of ether oxygens (including phenoxy) is 1. The van der Waals surface area contributed by atoms with Gasteiger partial charge in [0, 0.05) is 37.2 Å². The summed E-state index contributed by atoms with van der Waals surface area (Å²) in [6.45, 7) is 0.605. The number of fused-ring (bicyclic) bond motifs is 2. The number of hydrogen-bond acceptors (Lipinski definition) is 8. The normalized spacial score (nSPS) is 27.3. The minimum Gasteiger partial charge on any atom is -0.406 e. The minimum absolute atomic E-state index is 0.0950. The van der Waals surface area contributed by atoms with Crippen LogP contribution in [0.4, 0.5) is 19.0 Å². The lowest BCUT2D eigenvalue weighted by Crippen LogP contribution is -2.44. The highest BCUT2D eigenvalue weighted by Gasteiger charge is 2.43. The molecule has 39 heavy (non-hydrogen) atoms. The first-order valence-corrected chi connectivity index (χ1v) is 13.1. The van der Waals surface area contributed by atoms with Gasteiger partial charge in [0.1, 0.15) is 35.5 Å². The van der Waals surface area contributed by atoms with Crippen LogP contribution >= 0.6 is 0 Å². The zero-order chi connectivity index (χ0) is 27.3. The van der Waals surface area contributed by atoms with E-state index in [4.69, 9.17) is 5.73 Å². The number of hydrogen-bond donors (Lipinski definition) is 5. The molecule has 10 nitrogen and oxygen atoms in total. The molecule has 0 unspecified atom stereocenters. The van der Waals surface area contributed by atoms with Gasteiger partial charge in [-0.15, -0.1) is 13.2 Å². The largest absolute Gasteiger partial charge is 0.573 e. The number of anilines is 1. The first kappa shape index (κ1) is 25.8. The van der Waals surface area contributed by atoms with E-state index in [0.29, 0.717) is 53.8 Å². The Labute approximate surface area is 221 Å². The Balaban J connectivity index is 0.972. The number of nitrogen functional groups attached to an aromatic ring is 1. The summed E-state index contributed by atoms with van der Waals surface area (Å²) in [7, 11) is 0. The van der Waals surface area contributed by atoms with Crippen molar-refractivity contribution in [2.75, 3.05) is 12.3 Å². The van der Waals surface area contributed by atoms with Gasteiger partial charge in [0.25, 0.3) is 0 Å². The first-order chi connectivity index (χ1) is 18.6. The van der Waals surface area contributed by atoms with E-state index in [0.717, 1.165) is 30.5 Å². The first-order valence-electron chi connectivity index (χ1n) is 13.1. The fourth-order valence-electron chi connectivity index (χ4n) is 5.99. The van der Waals surface area contributed by atoms with Crippen LogP contribution in [0.2, 0.25) is 0 Å². The summed E-state index contributed by atoms with van der Waals surface area (Å²) in [5, 5.41) is 25.7. The molecule has 13 heteroatoms. The molecule has 0 saturated heterocycles. The third-order valence-electron chi connectivity index (χ3n) is 8.10. The Morgan fingerprint density at radius 2 is 1.95 bits per heavy atom. The van der Waals surface area contributed by atoms with Crippen LogP contribution in [0.3, 0.4) is 0 Å². The van der Waals surface area contributed by atoms with Gasteiger partial charge in [-0.05, 0) is 49.8 Å². The molecule has 0 spiro atoms. The topological polar surface area (TPSA) is 147 Å². The summed E-state index contributed by atoms with van der Waals surface area (Å²) in [5.74, 6) is 1.26. The molecule has 3 heterocycles. The number of imidazole rings is 1. The molecule has 3 aromatic heterocycles. The van der Waals surface area contributed by atoms with E-state index < -0.39 is 18.6 Å². The molecular formula is C26H30F3N7O3. The van der Waals surface area contributed by atoms with Gasteiger partial charge >= 0.3 is 6.36 Å². The van der Waals surface area contributed by atoms with Crippen LogP contribution in [0.25, 0.3) is 22.1 Å². The van der Waals surface area contributed by atoms with Crippen molar-refractivity contribution in [2.45, 2.75) is 62.8 Å². The highest BCUT2D eigenvalue weighted by Crippen LogP contribution is 2.38. The van der Waals surface area contributed by atoms with Crippen LogP contribution in [-0.4, -0.2) is 65.9 Å². The molecule has 4 atom stereocenters. The number of aliphatic hydroxyl groups excluding tert-OH is 2. The van der Waals surface area contributed by atoms with Crippen molar-refractivity contribution in [2.24, 2.45) is 11.8 Å². The smallest absolute Gasteiger partial charge is 0.406 e. The number of benzene rings is 1. The Hall–Kier alpha value is -3.42. The van der Waals surface area contributed by atoms with E-state index >= 15 is 0 Å². The van der Waals surface area contributed by atoms with Gasteiger partial charge in [-0.1, -0.05) is 0 Å². The third kappa shape index (κ3) is 5.25. The van der Waals surface area contributed by atoms with Crippen molar-refractivity contribution in [3.63, 3.8) is 0 Å². The molecule has 2 aliphatic rings. The molecule has 0 bridgehead atoms. The second-order valence-corrected chi connectivity index (χ2v) is 10.7. The molecule has 0 amide bonds. The quantitative estimate of drug-likeness (QED) is 0.227. The number of alkyl halides is 3. The lowest BCUT2D eigenvalue weighted by Gasteiger charge is -2.37. The summed E-state index contributed by atoms with van der Waals surface area (Å²) in [6.07, 6.45) is 0.978. The molecule has 4 aromatic rings. The van der Waals surface area contributed by atoms with Crippen molar-refractivity contribution in [1.82, 2.24) is 29.8 Å². The summed E-state index contributed by atoms with van der Waals surface area (Å²) < 4.78 is 43.2. The number of aromatic amines is 1. The van der Waals surface area contributed by atoms with E-state index in [-0.39, 0.29) is 17.7 Å². The standard InChI is InChI=1S/C26H30F3N7O3/c27-26(28,29)39-16-2-3-18-19(10-16)35-21(34-18)4-1-13-7-15(8-13)31-11-14-9-20(23(38)22(14)37)36-6-5-17-24(30)32-12-33-25(17)36/h2-3,5-6,10,12-15,20,22-23,31,37-38H,1,4,7-9,11H2,(H,34,35)(H2,30,32,33)/t13-,14-,15+,20-,22-,23+/m1/s1. The van der Waals surface area contributed by atoms with Crippen molar-refractivity contribution in [3.8, 4) is 5.75 Å². The maximum Gasteiger partial charge on any atom is 0.573 e. The molecule has 0 aliphatic heterocycles. The maximum absolute atomic E-state index is 12.5. The predicted molar refractivity (Wildman–Crippen MR) is 137 cm³/mol. The molecule has 2 aliphatic carbocycles. The van der Waals surface area contributed by atoms with Gasteiger partial charge in [-0.2, -0.15) is 0 Å². The molecule has 2 fully saturated rings. The van der Waals surface area contributed by atoms with Crippen molar-refractivity contribution >= 4 is 27.9 Å². The van der Waals surface area contributed by atoms with E-state index in [1.54, 1.807) is 0 Å². The molecule has 6 N–H and O–H groups in total. The lowest BCUT2D eigenvalue weighted by atomic mass is 9.77. The summed E-state index contributed by atoms with van der Waals surface area (Å²) in [6, 6.07) is 5.97. The highest BCUT2D eigenvalue weighted by molar-refractivity contribution is 5.86. The van der Waals surface area contributed by atoms with Crippen molar-refractivity contribution in [3.05, 3.63) is 42.6 Å². The molecule has 0 radical (unpaired) electrons. The van der Waals surface area contributed by atoms with Crippen molar-refractivity contribution < 1.29 is 28.1 Å². The number of nitrogens with one attached hydrogen (secondary N) is 2. The number of aliphatic hydroxyl groups is 2. The molecule has 1 aromatic carbocycles. The SMILES string of the molecule is Nc1ncnc2c1ccn2[C@@H]1C[C@H](CN[C@H]2C[C@@H](CCc3nc4cc(OC(F)(F)F)ccc4[nH]3)C2)[C@@H](O)[C@H]1O. The van der Waals surface area contributed by atoms with E-state index in [2.05, 4.69) is 30.0 Å². The number of aryl methyl sites for hydroxylation is 1. The predicted octanol–water partition coefficient (Wildman–Crippen LogP) is 3.07. The van der Waals surface area contributed by atoms with Crippen molar-refractivity contribution in [1.29, 1.82) is 0 Å². The van der Waals surface area contributed by atoms with Gasteiger partial charge in [0.2, 0.25) is 0 Å². The number of H-pyrrole nitrogens is 1. The summed E-state index contributed by atoms with van der Waals surface area (Å²) in [5.41, 5.74) is 7.70. The monoisotopic (exact) mass is 545 g/mol. The Kier molecular flexibility index (Phi) is 6.60. The van der Waals surface area contributed by atoms with Crippen LogP contribution in [0.15, 0.2) is 36.8 Å². The van der Waals surface area contributed by atoms with Gasteiger partial charge in [0.05, 0.1) is 28.6 Å². The maximum atomic E-state index is 12.5. The van der Waals surface area contributed by atoms with Gasteiger partial charge in [-0.25, -0.2) is 15.0 Å². The molecule has 6 rings (SSSR count). The summed E-state index contributed by atoms with van der Waals surface area (Å²) >= 11 is 0. The fourth-order valence-corrected chi connectivity index (χ4v) is 5.99. The molecule has 2 saturated carbocycles. The average Bonchev–Trinajstić information content (AvgIpc) is 3.53. The number of rotatable bonds is 8. The lowest BCUT2D eigenvalue weighted by molar-refractivity contribution is -0.274. The van der Waals surface area contributed by atoms with Crippen LogP contribution in [0, 0.1) is 11.8 Å². The third-order valence-corrected chi connectivity index (χ3v) is 8.10. The van der Waals surface area contributed by atoms with E-state index in [1.807, 2.05) is 16.8 Å². The number of halogens is 3. The van der Waals surface area contributed by atoms with Crippen LogP contribution in [-0.2, 0) is 6.42 Å². The number of nitrogens with two attached hydrogens (primary N) is 1. The van der Waals surface area contributed by atoms with Crippen LogP contribution < -0.4 is 15.8 Å². The Morgan fingerprint density at radius 1 is 1.13 bits per heavy atom. The Morgan fingerprint density at radius 3 is 2.74 bits per heavy atom. The minimum atomic E-state index is -4.74. The number of nitrogens with zero attached hydrogens (tertiary/aromatic N) is 4. The zero-order valence-electron chi connectivity index (χ0n) is 21.0. The average molecular weight is 546 g/mol. The Bertz CT molecular complexity index is 1470.